The van der Waals surface area contributed by atoms with Crippen molar-refractivity contribution in [2.24, 2.45) is 11.8 Å². The van der Waals surface area contributed by atoms with Crippen LogP contribution in [0, 0.1) is 11.8 Å². The number of amides is 3. The van der Waals surface area contributed by atoms with E-state index in [1.165, 1.54) is 34.4 Å². The van der Waals surface area contributed by atoms with Crippen molar-refractivity contribution in [1.29, 1.82) is 0 Å². The Kier molecular flexibility index (Phi) is 18.0. The molecule has 1 aromatic heterocycles. The maximum absolute atomic E-state index is 13.1. The summed E-state index contributed by atoms with van der Waals surface area (Å²) in [6, 6.07) is 11.9. The molecule has 3 aromatic rings. The number of carbonyl (C=O) groups excluding carboxylic acids is 4. The van der Waals surface area contributed by atoms with Crippen molar-refractivity contribution in [3.8, 4) is 0 Å². The number of aliphatic hydroxyl groups is 1. The molecule has 310 valence electrons. The maximum atomic E-state index is 13.1. The molecular formula is C39H55Cl2N5O8S2. The van der Waals surface area contributed by atoms with Crippen LogP contribution in [-0.2, 0) is 24.3 Å². The average Bonchev–Trinajstić information content (AvgIpc) is 3.54. The van der Waals surface area contributed by atoms with Crippen molar-refractivity contribution >= 4 is 78.8 Å². The number of halogens is 2. The number of aldehydes is 1. The molecule has 56 heavy (non-hydrogen) atoms. The number of fused-ring (bicyclic) bond motifs is 1. The summed E-state index contributed by atoms with van der Waals surface area (Å²) in [4.78, 5) is 52.4. The number of aliphatic hydroxyl groups excluding tert-OH is 1. The van der Waals surface area contributed by atoms with Crippen molar-refractivity contribution < 1.29 is 37.4 Å². The Bertz CT molecular complexity index is 1860. The number of nitrogens with one attached hydrogen (secondary N) is 3. The highest BCUT2D eigenvalue weighted by Gasteiger charge is 2.32. The van der Waals surface area contributed by atoms with Crippen LogP contribution in [0.4, 0.5) is 4.79 Å². The molecule has 1 fully saturated rings. The lowest BCUT2D eigenvalue weighted by atomic mass is 10.0. The zero-order chi connectivity index (χ0) is 41.8. The fourth-order valence-corrected chi connectivity index (χ4v) is 8.93. The summed E-state index contributed by atoms with van der Waals surface area (Å²) >= 11 is 13.4. The van der Waals surface area contributed by atoms with E-state index in [0.29, 0.717) is 55.9 Å². The quantitative estimate of drug-likeness (QED) is 0.135. The Morgan fingerprint density at radius 3 is 2.14 bits per heavy atom. The number of carbonyl (C=O) groups is 4. The second kappa shape index (κ2) is 21.4. The fraction of sp³-hybridized carbons (Fsp3) is 0.538. The number of benzene rings is 2. The highest BCUT2D eigenvalue weighted by molar-refractivity contribution is 7.89. The van der Waals surface area contributed by atoms with Crippen LogP contribution in [0.25, 0.3) is 10.1 Å². The van der Waals surface area contributed by atoms with Crippen LogP contribution in [0.1, 0.15) is 71.0 Å². The van der Waals surface area contributed by atoms with Gasteiger partial charge in [-0.15, -0.1) is 11.3 Å². The lowest BCUT2D eigenvalue weighted by Gasteiger charge is -2.38. The van der Waals surface area contributed by atoms with Crippen LogP contribution >= 0.6 is 34.5 Å². The molecule has 0 aliphatic carbocycles. The first-order chi connectivity index (χ1) is 26.2. The third-order valence-electron chi connectivity index (χ3n) is 8.46. The number of alkyl carbamates (subject to hydrolysis) is 1. The molecule has 0 saturated carbocycles. The maximum Gasteiger partial charge on any atom is 0.408 e. The van der Waals surface area contributed by atoms with Gasteiger partial charge in [-0.05, 0) is 81.2 Å². The second-order valence-corrected chi connectivity index (χ2v) is 19.1. The summed E-state index contributed by atoms with van der Waals surface area (Å²) in [5.74, 6) is 0.121. The minimum absolute atomic E-state index is 0.0731. The first-order valence-electron chi connectivity index (χ1n) is 18.5. The molecule has 17 heteroatoms. The second-order valence-electron chi connectivity index (χ2n) is 15.5. The average molecular weight is 857 g/mol. The number of ether oxygens (including phenoxy) is 1. The smallest absolute Gasteiger partial charge is 0.408 e. The summed E-state index contributed by atoms with van der Waals surface area (Å²) in [7, 11) is -4.18. The summed E-state index contributed by atoms with van der Waals surface area (Å²) < 4.78 is 34.1. The van der Waals surface area contributed by atoms with Gasteiger partial charge in [0.25, 0.3) is 5.91 Å². The molecule has 2 heterocycles. The fourth-order valence-electron chi connectivity index (χ4n) is 6.01. The molecule has 4 rings (SSSR count). The zero-order valence-electron chi connectivity index (χ0n) is 33.0. The normalized spacial score (nSPS) is 15.5. The molecule has 1 saturated heterocycles. The molecule has 1 aliphatic rings. The Labute approximate surface area is 344 Å². The summed E-state index contributed by atoms with van der Waals surface area (Å²) in [5, 5.41) is 16.8. The molecule has 3 atom stereocenters. The monoisotopic (exact) mass is 855 g/mol. The number of piperazine rings is 1. The minimum Gasteiger partial charge on any atom is -0.444 e. The van der Waals surface area contributed by atoms with Gasteiger partial charge in [0, 0.05) is 48.5 Å². The molecule has 2 aromatic carbocycles. The number of thiophene rings is 1. The molecule has 13 nitrogen and oxygen atoms in total. The molecule has 3 amide bonds. The van der Waals surface area contributed by atoms with Gasteiger partial charge in [-0.3, -0.25) is 14.5 Å². The summed E-state index contributed by atoms with van der Waals surface area (Å²) in [6.07, 6.45) is 1.63. The van der Waals surface area contributed by atoms with E-state index in [4.69, 9.17) is 27.9 Å². The van der Waals surface area contributed by atoms with Crippen LogP contribution < -0.4 is 15.4 Å². The highest BCUT2D eigenvalue weighted by atomic mass is 35.5. The van der Waals surface area contributed by atoms with Crippen molar-refractivity contribution in [2.45, 2.75) is 89.9 Å². The first-order valence-corrected chi connectivity index (χ1v) is 21.6. The van der Waals surface area contributed by atoms with Gasteiger partial charge in [-0.25, -0.2) is 13.2 Å². The lowest BCUT2D eigenvalue weighted by Crippen LogP contribution is -2.57. The van der Waals surface area contributed by atoms with Crippen LogP contribution in [0.3, 0.4) is 0 Å². The van der Waals surface area contributed by atoms with Crippen molar-refractivity contribution in [3.05, 3.63) is 63.5 Å². The standard InChI is InChI=1S/C28H34Cl2N4O5S2.C11H21NO3/c1-18(2)13-21(31-27(36)25-14-19-5-3-4-6-24(19)40-25)16-33-9-11-34(12-10-33)28(37)23(17-35)32-41(38,39)26-8-7-20(29)15-22(26)30;1-8(2)6-9(7-13)12-10(14)15-11(3,4)5/h3-8,14-15,18,21,23,32,35H,9-13,16-17H2,1-2H3,(H,31,36);7-9H,6H2,1-5H3,(H,12,14)/t21-,23-;9-/m00/s1. The predicted molar refractivity (Wildman–Crippen MR) is 222 cm³/mol. The molecule has 1 aliphatic heterocycles. The molecular weight excluding hydrogens is 801 g/mol. The molecule has 0 radical (unpaired) electrons. The number of nitrogens with zero attached hydrogens (tertiary/aromatic N) is 2. The van der Waals surface area contributed by atoms with Crippen LogP contribution in [0.5, 0.6) is 0 Å². The topological polar surface area (TPSA) is 174 Å². The van der Waals surface area contributed by atoms with E-state index in [2.05, 4.69) is 34.1 Å². The Morgan fingerprint density at radius 1 is 0.946 bits per heavy atom. The number of hydrogen-bond acceptors (Lipinski definition) is 10. The van der Waals surface area contributed by atoms with Gasteiger partial charge in [-0.1, -0.05) is 69.1 Å². The SMILES string of the molecule is CC(C)C[C@@H](C=O)NC(=O)OC(C)(C)C.CC(C)C[C@@H](CN1CCN(C(=O)[C@H](CO)NS(=O)(=O)c2ccc(Cl)cc2Cl)CC1)NC(=O)c1cc2ccccc2s1. The van der Waals surface area contributed by atoms with E-state index in [1.54, 1.807) is 20.8 Å². The summed E-state index contributed by atoms with van der Waals surface area (Å²) in [6.45, 7) is 15.3. The van der Waals surface area contributed by atoms with Crippen molar-refractivity contribution in [2.75, 3.05) is 39.3 Å². The molecule has 4 N–H and O–H groups in total. The Balaban J connectivity index is 0.000000475. The van der Waals surface area contributed by atoms with Crippen molar-refractivity contribution in [3.63, 3.8) is 0 Å². The summed E-state index contributed by atoms with van der Waals surface area (Å²) in [5.41, 5.74) is -0.532. The zero-order valence-corrected chi connectivity index (χ0v) is 36.2. The van der Waals surface area contributed by atoms with E-state index in [9.17, 15) is 32.7 Å². The van der Waals surface area contributed by atoms with Gasteiger partial charge >= 0.3 is 6.09 Å². The van der Waals surface area contributed by atoms with Gasteiger partial charge in [0.2, 0.25) is 15.9 Å². The molecule has 0 spiro atoms. The largest absolute Gasteiger partial charge is 0.444 e. The van der Waals surface area contributed by atoms with Crippen LogP contribution in [-0.4, -0.2) is 111 Å². The third-order valence-corrected chi connectivity index (χ3v) is 11.8. The van der Waals surface area contributed by atoms with E-state index in [1.807, 2.05) is 44.2 Å². The highest BCUT2D eigenvalue weighted by Crippen LogP contribution is 2.26. The number of hydrogen-bond donors (Lipinski definition) is 4. The van der Waals surface area contributed by atoms with E-state index in [0.717, 1.165) is 22.8 Å². The van der Waals surface area contributed by atoms with Gasteiger partial charge in [0.1, 0.15) is 22.8 Å². The Morgan fingerprint density at radius 2 is 1.59 bits per heavy atom. The van der Waals surface area contributed by atoms with Gasteiger partial charge in [-0.2, -0.15) is 4.72 Å². The van der Waals surface area contributed by atoms with Crippen molar-refractivity contribution in [1.82, 2.24) is 25.2 Å². The molecule has 0 bridgehead atoms. The van der Waals surface area contributed by atoms with Gasteiger partial charge < -0.3 is 30.2 Å². The van der Waals surface area contributed by atoms with E-state index >= 15 is 0 Å². The molecule has 0 unspecified atom stereocenters. The minimum atomic E-state index is -4.18. The van der Waals surface area contributed by atoms with Crippen LogP contribution in [0.2, 0.25) is 10.0 Å². The van der Waals surface area contributed by atoms with E-state index in [-0.39, 0.29) is 26.9 Å². The Hall–Kier alpha value is -3.31. The van der Waals surface area contributed by atoms with Gasteiger partial charge in [0.05, 0.1) is 22.5 Å². The lowest BCUT2D eigenvalue weighted by molar-refractivity contribution is -0.135. The first kappa shape index (κ1) is 47.1. The third kappa shape index (κ3) is 15.2. The predicted octanol–water partition coefficient (Wildman–Crippen LogP) is 5.96. The number of sulfonamides is 1. The number of rotatable bonds is 15. The van der Waals surface area contributed by atoms with Gasteiger partial charge in [0.15, 0.2) is 0 Å². The van der Waals surface area contributed by atoms with Crippen LogP contribution in [0.15, 0.2) is 53.4 Å². The van der Waals surface area contributed by atoms with E-state index < -0.39 is 46.3 Å².